The quantitative estimate of drug-likeness (QED) is 0.456. The van der Waals surface area contributed by atoms with Gasteiger partial charge in [-0.15, -0.1) is 10.2 Å². The SMILES string of the molecule is Cc1cc(C(=O)CSc2nnc(-c3ccc4c(c3)OCO4)o2)c(C)n1C1CC1. The summed E-state index contributed by atoms with van der Waals surface area (Å²) in [6, 6.07) is 8.01. The largest absolute Gasteiger partial charge is 0.454 e. The van der Waals surface area contributed by atoms with Gasteiger partial charge in [0.2, 0.25) is 12.7 Å². The van der Waals surface area contributed by atoms with Crippen LogP contribution in [0.3, 0.4) is 0 Å². The zero-order valence-corrected chi connectivity index (χ0v) is 16.4. The molecule has 5 rings (SSSR count). The summed E-state index contributed by atoms with van der Waals surface area (Å²) in [7, 11) is 0. The van der Waals surface area contributed by atoms with E-state index in [4.69, 9.17) is 13.9 Å². The predicted molar refractivity (Wildman–Crippen MR) is 103 cm³/mol. The van der Waals surface area contributed by atoms with Crippen LogP contribution in [0.2, 0.25) is 0 Å². The maximum Gasteiger partial charge on any atom is 0.277 e. The van der Waals surface area contributed by atoms with E-state index in [1.165, 1.54) is 24.6 Å². The van der Waals surface area contributed by atoms with Gasteiger partial charge < -0.3 is 18.5 Å². The number of fused-ring (bicyclic) bond motifs is 1. The Kier molecular flexibility index (Phi) is 4.16. The van der Waals surface area contributed by atoms with Crippen molar-refractivity contribution in [2.45, 2.75) is 38.0 Å². The number of ether oxygens (including phenoxy) is 2. The van der Waals surface area contributed by atoms with Crippen LogP contribution in [0.4, 0.5) is 0 Å². The Balaban J connectivity index is 1.28. The van der Waals surface area contributed by atoms with E-state index in [0.29, 0.717) is 28.7 Å². The minimum atomic E-state index is 0.0767. The van der Waals surface area contributed by atoms with Crippen LogP contribution >= 0.6 is 11.8 Å². The Morgan fingerprint density at radius 2 is 2.00 bits per heavy atom. The summed E-state index contributed by atoms with van der Waals surface area (Å²) < 4.78 is 18.7. The number of hydrogen-bond donors (Lipinski definition) is 0. The van der Waals surface area contributed by atoms with Crippen LogP contribution in [-0.2, 0) is 0 Å². The smallest absolute Gasteiger partial charge is 0.277 e. The third-order valence-corrected chi connectivity index (χ3v) is 5.87. The highest BCUT2D eigenvalue weighted by Crippen LogP contribution is 2.39. The summed E-state index contributed by atoms with van der Waals surface area (Å²) >= 11 is 1.26. The molecule has 3 heterocycles. The number of carbonyl (C=O) groups is 1. The number of rotatable bonds is 6. The van der Waals surface area contributed by atoms with E-state index in [1.807, 2.05) is 31.2 Å². The molecule has 0 spiro atoms. The number of benzene rings is 1. The first-order valence-electron chi connectivity index (χ1n) is 9.18. The number of Topliss-reactive ketones (excluding diaryl/α,β-unsaturated/α-hetero) is 1. The molecule has 2 aromatic heterocycles. The Morgan fingerprint density at radius 3 is 2.82 bits per heavy atom. The van der Waals surface area contributed by atoms with Crippen LogP contribution in [0.5, 0.6) is 11.5 Å². The average molecular weight is 397 g/mol. The van der Waals surface area contributed by atoms with Gasteiger partial charge in [0.25, 0.3) is 5.22 Å². The maximum atomic E-state index is 12.7. The number of aromatic nitrogens is 3. The van der Waals surface area contributed by atoms with Crippen molar-refractivity contribution >= 4 is 17.5 Å². The zero-order valence-electron chi connectivity index (χ0n) is 15.6. The van der Waals surface area contributed by atoms with Crippen LogP contribution in [0.25, 0.3) is 11.5 Å². The molecule has 3 aromatic rings. The molecule has 0 saturated heterocycles. The lowest BCUT2D eigenvalue weighted by atomic mass is 10.2. The monoisotopic (exact) mass is 397 g/mol. The minimum Gasteiger partial charge on any atom is -0.454 e. The summed E-state index contributed by atoms with van der Waals surface area (Å²) in [6.45, 7) is 4.30. The number of aryl methyl sites for hydroxylation is 1. The van der Waals surface area contributed by atoms with Gasteiger partial charge in [-0.05, 0) is 51.0 Å². The van der Waals surface area contributed by atoms with Crippen LogP contribution in [-0.4, -0.2) is 33.1 Å². The average Bonchev–Trinajstić information content (AvgIpc) is 3.12. The molecule has 1 fully saturated rings. The van der Waals surface area contributed by atoms with E-state index in [0.717, 1.165) is 22.5 Å². The van der Waals surface area contributed by atoms with Gasteiger partial charge in [-0.25, -0.2) is 0 Å². The maximum absolute atomic E-state index is 12.7. The molecular formula is C20H19N3O4S. The molecular weight excluding hydrogens is 378 g/mol. The third kappa shape index (κ3) is 3.07. The fourth-order valence-corrected chi connectivity index (χ4v) is 4.22. The van der Waals surface area contributed by atoms with Crippen LogP contribution in [0.15, 0.2) is 33.9 Å². The first-order valence-corrected chi connectivity index (χ1v) is 10.2. The fraction of sp³-hybridized carbons (Fsp3) is 0.350. The Hall–Kier alpha value is -2.74. The molecule has 0 radical (unpaired) electrons. The van der Waals surface area contributed by atoms with Gasteiger partial charge >= 0.3 is 0 Å². The first-order chi connectivity index (χ1) is 13.6. The minimum absolute atomic E-state index is 0.0767. The predicted octanol–water partition coefficient (Wildman–Crippen LogP) is 4.19. The molecule has 1 aliphatic carbocycles. The van der Waals surface area contributed by atoms with Gasteiger partial charge in [0.05, 0.1) is 5.75 Å². The Labute approximate surface area is 166 Å². The summed E-state index contributed by atoms with van der Waals surface area (Å²) in [4.78, 5) is 12.7. The van der Waals surface area contributed by atoms with Crippen molar-refractivity contribution in [3.8, 4) is 23.0 Å². The molecule has 0 N–H and O–H groups in total. The van der Waals surface area contributed by atoms with Crippen molar-refractivity contribution in [2.75, 3.05) is 12.5 Å². The summed E-state index contributed by atoms with van der Waals surface area (Å²) in [6.07, 6.45) is 2.40. The van der Waals surface area contributed by atoms with Crippen LogP contribution in [0.1, 0.15) is 40.6 Å². The number of thioether (sulfide) groups is 1. The number of hydrogen-bond acceptors (Lipinski definition) is 7. The molecule has 1 aromatic carbocycles. The number of carbonyl (C=O) groups excluding carboxylic acids is 1. The van der Waals surface area contributed by atoms with E-state index in [2.05, 4.69) is 21.7 Å². The van der Waals surface area contributed by atoms with Crippen molar-refractivity contribution in [1.29, 1.82) is 0 Å². The molecule has 1 aliphatic heterocycles. The molecule has 7 nitrogen and oxygen atoms in total. The summed E-state index contributed by atoms with van der Waals surface area (Å²) in [5, 5.41) is 8.50. The highest BCUT2D eigenvalue weighted by Gasteiger charge is 2.28. The van der Waals surface area contributed by atoms with Crippen molar-refractivity contribution < 1.29 is 18.7 Å². The van der Waals surface area contributed by atoms with Crippen molar-refractivity contribution in [3.05, 3.63) is 41.2 Å². The molecule has 0 atom stereocenters. The molecule has 144 valence electrons. The third-order valence-electron chi connectivity index (χ3n) is 5.05. The van der Waals surface area contributed by atoms with Gasteiger partial charge in [0.1, 0.15) is 0 Å². The highest BCUT2D eigenvalue weighted by atomic mass is 32.2. The first kappa shape index (κ1) is 17.4. The zero-order chi connectivity index (χ0) is 19.3. The van der Waals surface area contributed by atoms with Gasteiger partial charge in [0, 0.05) is 28.6 Å². The van der Waals surface area contributed by atoms with E-state index < -0.39 is 0 Å². The second-order valence-electron chi connectivity index (χ2n) is 7.04. The topological polar surface area (TPSA) is 79.4 Å². The second kappa shape index (κ2) is 6.70. The normalized spacial score (nSPS) is 15.2. The number of nitrogens with zero attached hydrogens (tertiary/aromatic N) is 3. The molecule has 0 bridgehead atoms. The van der Waals surface area contributed by atoms with E-state index in [9.17, 15) is 4.79 Å². The van der Waals surface area contributed by atoms with Gasteiger partial charge in [-0.3, -0.25) is 4.79 Å². The van der Waals surface area contributed by atoms with Gasteiger partial charge in [-0.1, -0.05) is 11.8 Å². The van der Waals surface area contributed by atoms with Crippen molar-refractivity contribution in [1.82, 2.24) is 14.8 Å². The fourth-order valence-electron chi connectivity index (χ4n) is 3.57. The molecule has 28 heavy (non-hydrogen) atoms. The van der Waals surface area contributed by atoms with Gasteiger partial charge in [0.15, 0.2) is 17.3 Å². The molecule has 2 aliphatic rings. The second-order valence-corrected chi connectivity index (χ2v) is 7.97. The van der Waals surface area contributed by atoms with Crippen molar-refractivity contribution in [3.63, 3.8) is 0 Å². The van der Waals surface area contributed by atoms with Crippen LogP contribution in [0, 0.1) is 13.8 Å². The number of ketones is 1. The Morgan fingerprint density at radius 1 is 1.18 bits per heavy atom. The van der Waals surface area contributed by atoms with E-state index in [1.54, 1.807) is 0 Å². The summed E-state index contributed by atoms with van der Waals surface area (Å²) in [5.74, 6) is 2.09. The van der Waals surface area contributed by atoms with Crippen LogP contribution < -0.4 is 9.47 Å². The van der Waals surface area contributed by atoms with E-state index >= 15 is 0 Å². The lowest BCUT2D eigenvalue weighted by Gasteiger charge is -2.07. The standard InChI is InChI=1S/C20H19N3O4S/c1-11-7-15(12(2)23(11)14-4-5-14)16(24)9-28-20-22-21-19(27-20)13-3-6-17-18(8-13)26-10-25-17/h3,6-8,14H,4-5,9-10H2,1-2H3. The molecule has 8 heteroatoms. The van der Waals surface area contributed by atoms with Crippen molar-refractivity contribution in [2.24, 2.45) is 0 Å². The van der Waals surface area contributed by atoms with Gasteiger partial charge in [-0.2, -0.15) is 0 Å². The lowest BCUT2D eigenvalue weighted by molar-refractivity contribution is 0.102. The van der Waals surface area contributed by atoms with E-state index in [-0.39, 0.29) is 18.3 Å². The lowest BCUT2D eigenvalue weighted by Crippen LogP contribution is -2.05. The molecule has 1 saturated carbocycles. The Bertz CT molecular complexity index is 1070. The molecule has 0 unspecified atom stereocenters. The summed E-state index contributed by atoms with van der Waals surface area (Å²) in [5.41, 5.74) is 3.74. The highest BCUT2D eigenvalue weighted by molar-refractivity contribution is 7.99. The molecule has 0 amide bonds.